The van der Waals surface area contributed by atoms with Crippen molar-refractivity contribution in [1.82, 2.24) is 5.32 Å². The van der Waals surface area contributed by atoms with Gasteiger partial charge in [-0.2, -0.15) is 11.8 Å². The van der Waals surface area contributed by atoms with Gasteiger partial charge in [-0.05, 0) is 68.4 Å². The first-order chi connectivity index (χ1) is 9.26. The zero-order valence-corrected chi connectivity index (χ0v) is 12.5. The lowest BCUT2D eigenvalue weighted by atomic mass is 9.90. The predicted molar refractivity (Wildman–Crippen MR) is 82.0 cm³/mol. The van der Waals surface area contributed by atoms with Crippen LogP contribution < -0.4 is 10.1 Å². The molecule has 2 saturated heterocycles. The molecule has 0 aromatic heterocycles. The Balaban J connectivity index is 1.72. The average Bonchev–Trinajstić information content (AvgIpc) is 2.89. The second-order valence-electron chi connectivity index (χ2n) is 5.82. The molecule has 2 aliphatic rings. The lowest BCUT2D eigenvalue weighted by molar-refractivity contribution is 0.192. The van der Waals surface area contributed by atoms with Gasteiger partial charge in [0.25, 0.3) is 0 Å². The molecular formula is C16H23NOS. The van der Waals surface area contributed by atoms with Crippen LogP contribution >= 0.6 is 11.8 Å². The molecule has 1 atom stereocenters. The van der Waals surface area contributed by atoms with E-state index >= 15 is 0 Å². The topological polar surface area (TPSA) is 21.3 Å². The number of thioether (sulfide) groups is 1. The fourth-order valence-corrected chi connectivity index (χ4v) is 4.10. The molecule has 1 N–H and O–H groups in total. The SMILES string of the molecule is CC1(c2cccc(OC3CCSCC3)c2)CCCN1. The highest BCUT2D eigenvalue weighted by Gasteiger charge is 2.30. The molecule has 0 radical (unpaired) electrons. The van der Waals surface area contributed by atoms with Crippen molar-refractivity contribution in [2.75, 3.05) is 18.1 Å². The van der Waals surface area contributed by atoms with Crippen molar-refractivity contribution in [1.29, 1.82) is 0 Å². The van der Waals surface area contributed by atoms with Crippen molar-refractivity contribution in [3.8, 4) is 5.75 Å². The molecule has 2 fully saturated rings. The summed E-state index contributed by atoms with van der Waals surface area (Å²) in [5, 5.41) is 3.62. The van der Waals surface area contributed by atoms with E-state index in [9.17, 15) is 0 Å². The fourth-order valence-electron chi connectivity index (χ4n) is 3.04. The van der Waals surface area contributed by atoms with Crippen molar-refractivity contribution in [2.24, 2.45) is 0 Å². The third-order valence-electron chi connectivity index (χ3n) is 4.31. The van der Waals surface area contributed by atoms with Crippen molar-refractivity contribution in [3.63, 3.8) is 0 Å². The number of hydrogen-bond donors (Lipinski definition) is 1. The van der Waals surface area contributed by atoms with Crippen LogP contribution in [0.4, 0.5) is 0 Å². The van der Waals surface area contributed by atoms with Gasteiger partial charge >= 0.3 is 0 Å². The third-order valence-corrected chi connectivity index (χ3v) is 5.36. The summed E-state index contributed by atoms with van der Waals surface area (Å²) in [6.07, 6.45) is 5.27. The van der Waals surface area contributed by atoms with Crippen LogP contribution in [-0.2, 0) is 5.54 Å². The Morgan fingerprint density at radius 1 is 1.32 bits per heavy atom. The maximum absolute atomic E-state index is 6.16. The van der Waals surface area contributed by atoms with E-state index in [1.807, 2.05) is 11.8 Å². The molecule has 2 aliphatic heterocycles. The molecule has 2 nitrogen and oxygen atoms in total. The average molecular weight is 277 g/mol. The van der Waals surface area contributed by atoms with Crippen LogP contribution in [0.2, 0.25) is 0 Å². The molecule has 0 bridgehead atoms. The summed E-state index contributed by atoms with van der Waals surface area (Å²) in [5.41, 5.74) is 1.51. The maximum atomic E-state index is 6.16. The molecule has 0 saturated carbocycles. The minimum absolute atomic E-state index is 0.141. The van der Waals surface area contributed by atoms with Crippen LogP contribution in [0.15, 0.2) is 24.3 Å². The number of ether oxygens (including phenoxy) is 1. The molecule has 19 heavy (non-hydrogen) atoms. The van der Waals surface area contributed by atoms with Gasteiger partial charge in [0.2, 0.25) is 0 Å². The minimum atomic E-state index is 0.141. The van der Waals surface area contributed by atoms with Gasteiger partial charge in [-0.3, -0.25) is 0 Å². The normalized spacial score (nSPS) is 28.5. The first kappa shape index (κ1) is 13.3. The Kier molecular flexibility index (Phi) is 4.04. The van der Waals surface area contributed by atoms with Gasteiger partial charge in [0.05, 0.1) is 0 Å². The first-order valence-corrected chi connectivity index (χ1v) is 8.52. The van der Waals surface area contributed by atoms with Crippen molar-refractivity contribution >= 4 is 11.8 Å². The van der Waals surface area contributed by atoms with Crippen molar-refractivity contribution in [3.05, 3.63) is 29.8 Å². The molecule has 0 amide bonds. The Hall–Kier alpha value is -0.670. The van der Waals surface area contributed by atoms with Crippen LogP contribution in [0.25, 0.3) is 0 Å². The smallest absolute Gasteiger partial charge is 0.120 e. The fraction of sp³-hybridized carbons (Fsp3) is 0.625. The zero-order chi connectivity index (χ0) is 13.1. The third kappa shape index (κ3) is 3.09. The quantitative estimate of drug-likeness (QED) is 0.913. The van der Waals surface area contributed by atoms with E-state index in [-0.39, 0.29) is 5.54 Å². The van der Waals surface area contributed by atoms with E-state index in [1.165, 1.54) is 42.8 Å². The summed E-state index contributed by atoms with van der Waals surface area (Å²) in [4.78, 5) is 0. The number of hydrogen-bond acceptors (Lipinski definition) is 3. The van der Waals surface area contributed by atoms with Gasteiger partial charge in [-0.1, -0.05) is 12.1 Å². The predicted octanol–water partition coefficient (Wildman–Crippen LogP) is 3.56. The maximum Gasteiger partial charge on any atom is 0.120 e. The monoisotopic (exact) mass is 277 g/mol. The Morgan fingerprint density at radius 3 is 2.89 bits per heavy atom. The van der Waals surface area contributed by atoms with Gasteiger partial charge in [0.1, 0.15) is 11.9 Å². The second kappa shape index (κ2) is 5.76. The van der Waals surface area contributed by atoms with Crippen LogP contribution in [0.3, 0.4) is 0 Å². The summed E-state index contributed by atoms with van der Waals surface area (Å²) >= 11 is 2.04. The Labute approximate surface area is 120 Å². The highest BCUT2D eigenvalue weighted by atomic mass is 32.2. The number of nitrogens with one attached hydrogen (secondary N) is 1. The van der Waals surface area contributed by atoms with Gasteiger partial charge < -0.3 is 10.1 Å². The van der Waals surface area contributed by atoms with Crippen molar-refractivity contribution in [2.45, 2.75) is 44.2 Å². The first-order valence-electron chi connectivity index (χ1n) is 7.36. The Morgan fingerprint density at radius 2 is 2.16 bits per heavy atom. The number of benzene rings is 1. The summed E-state index contributed by atoms with van der Waals surface area (Å²) in [6, 6.07) is 8.69. The van der Waals surface area contributed by atoms with Gasteiger partial charge in [0, 0.05) is 5.54 Å². The van der Waals surface area contributed by atoms with Crippen LogP contribution in [0.1, 0.15) is 38.2 Å². The zero-order valence-electron chi connectivity index (χ0n) is 11.7. The largest absolute Gasteiger partial charge is 0.490 e. The summed E-state index contributed by atoms with van der Waals surface area (Å²) in [7, 11) is 0. The second-order valence-corrected chi connectivity index (χ2v) is 7.04. The molecule has 0 aliphatic carbocycles. The lowest BCUT2D eigenvalue weighted by Gasteiger charge is -2.27. The highest BCUT2D eigenvalue weighted by molar-refractivity contribution is 7.99. The molecular weight excluding hydrogens is 254 g/mol. The minimum Gasteiger partial charge on any atom is -0.490 e. The summed E-state index contributed by atoms with van der Waals surface area (Å²) in [5.74, 6) is 3.53. The standard InChI is InChI=1S/C16H23NOS/c1-16(8-3-9-17-16)13-4-2-5-15(12-13)18-14-6-10-19-11-7-14/h2,4-5,12,14,17H,3,6-11H2,1H3. The van der Waals surface area contributed by atoms with Crippen LogP contribution in [0.5, 0.6) is 5.75 Å². The molecule has 3 rings (SSSR count). The van der Waals surface area contributed by atoms with Crippen molar-refractivity contribution < 1.29 is 4.74 Å². The van der Waals surface area contributed by atoms with Crippen LogP contribution in [0, 0.1) is 0 Å². The summed E-state index contributed by atoms with van der Waals surface area (Å²) in [6.45, 7) is 3.43. The van der Waals surface area contributed by atoms with Gasteiger partial charge in [0.15, 0.2) is 0 Å². The molecule has 2 heterocycles. The number of rotatable bonds is 3. The van der Waals surface area contributed by atoms with E-state index in [1.54, 1.807) is 0 Å². The molecule has 1 aromatic rings. The van der Waals surface area contributed by atoms with Gasteiger partial charge in [-0.15, -0.1) is 0 Å². The van der Waals surface area contributed by atoms with Crippen LogP contribution in [-0.4, -0.2) is 24.2 Å². The van der Waals surface area contributed by atoms with E-state index < -0.39 is 0 Å². The molecule has 104 valence electrons. The molecule has 1 aromatic carbocycles. The van der Waals surface area contributed by atoms with E-state index in [0.717, 1.165) is 12.3 Å². The van der Waals surface area contributed by atoms with E-state index in [0.29, 0.717) is 6.10 Å². The Bertz CT molecular complexity index is 423. The molecule has 3 heteroatoms. The molecule has 1 unspecified atom stereocenters. The van der Waals surface area contributed by atoms with E-state index in [2.05, 4.69) is 36.5 Å². The molecule has 0 spiro atoms. The lowest BCUT2D eigenvalue weighted by Crippen LogP contribution is -2.33. The van der Waals surface area contributed by atoms with E-state index in [4.69, 9.17) is 4.74 Å². The van der Waals surface area contributed by atoms with Gasteiger partial charge in [-0.25, -0.2) is 0 Å². The highest BCUT2D eigenvalue weighted by Crippen LogP contribution is 2.32. The summed E-state index contributed by atoms with van der Waals surface area (Å²) < 4.78 is 6.16.